The van der Waals surface area contributed by atoms with Crippen LogP contribution in [0, 0.1) is 6.92 Å². The molecule has 7 heteroatoms. The third-order valence-corrected chi connectivity index (χ3v) is 4.11. The van der Waals surface area contributed by atoms with E-state index in [0.717, 1.165) is 18.7 Å². The lowest BCUT2D eigenvalue weighted by atomic mass is 10.0. The molecule has 2 amide bonds. The van der Waals surface area contributed by atoms with Gasteiger partial charge in [0.25, 0.3) is 0 Å². The number of nitrogens with one attached hydrogen (secondary N) is 1. The molecule has 1 N–H and O–H groups in total. The van der Waals surface area contributed by atoms with Gasteiger partial charge in [-0.3, -0.25) is 10.00 Å². The maximum atomic E-state index is 12.5. The molecule has 0 bridgehead atoms. The van der Waals surface area contributed by atoms with E-state index < -0.39 is 0 Å². The molecule has 1 saturated heterocycles. The van der Waals surface area contributed by atoms with Crippen LogP contribution in [0.3, 0.4) is 0 Å². The first-order chi connectivity index (χ1) is 11.1. The Kier molecular flexibility index (Phi) is 4.18. The highest BCUT2D eigenvalue weighted by atomic mass is 16.5. The second-order valence-corrected chi connectivity index (χ2v) is 5.81. The van der Waals surface area contributed by atoms with Crippen molar-refractivity contribution in [3.05, 3.63) is 35.8 Å². The normalized spacial score (nSPS) is 17.3. The van der Waals surface area contributed by atoms with E-state index in [4.69, 9.17) is 4.74 Å². The number of anilines is 1. The summed E-state index contributed by atoms with van der Waals surface area (Å²) in [6.45, 7) is 3.29. The summed E-state index contributed by atoms with van der Waals surface area (Å²) in [5.74, 6) is 1.36. The van der Waals surface area contributed by atoms with Crippen molar-refractivity contribution >= 4 is 11.8 Å². The number of nitrogens with zero attached hydrogens (tertiary/aromatic N) is 4. The van der Waals surface area contributed by atoms with Crippen LogP contribution in [-0.2, 0) is 7.05 Å². The van der Waals surface area contributed by atoms with Gasteiger partial charge < -0.3 is 9.64 Å². The molecule has 1 atom stereocenters. The quantitative estimate of drug-likeness (QED) is 0.942. The van der Waals surface area contributed by atoms with E-state index in [9.17, 15) is 4.79 Å². The van der Waals surface area contributed by atoms with E-state index in [1.807, 2.05) is 32.4 Å². The minimum absolute atomic E-state index is 0.146. The lowest BCUT2D eigenvalue weighted by Crippen LogP contribution is -2.33. The summed E-state index contributed by atoms with van der Waals surface area (Å²) in [7, 11) is 3.47. The minimum Gasteiger partial charge on any atom is -0.493 e. The molecule has 3 rings (SSSR count). The zero-order valence-electron chi connectivity index (χ0n) is 13.6. The second kappa shape index (κ2) is 6.28. The predicted octanol–water partition coefficient (Wildman–Crippen LogP) is 2.15. The van der Waals surface area contributed by atoms with Crippen molar-refractivity contribution in [2.75, 3.05) is 25.5 Å². The predicted molar refractivity (Wildman–Crippen MR) is 86.7 cm³/mol. The van der Waals surface area contributed by atoms with E-state index in [1.54, 1.807) is 22.8 Å². The molecule has 2 aromatic heterocycles. The lowest BCUT2D eigenvalue weighted by Gasteiger charge is -2.18. The van der Waals surface area contributed by atoms with Crippen LogP contribution in [0.4, 0.5) is 10.6 Å². The van der Waals surface area contributed by atoms with Crippen molar-refractivity contribution in [1.29, 1.82) is 0 Å². The van der Waals surface area contributed by atoms with Crippen LogP contribution in [0.5, 0.6) is 5.75 Å². The largest absolute Gasteiger partial charge is 0.493 e. The number of amides is 2. The fourth-order valence-corrected chi connectivity index (χ4v) is 2.85. The molecule has 1 aliphatic rings. The number of carbonyl (C=O) groups is 1. The van der Waals surface area contributed by atoms with Gasteiger partial charge in [-0.2, -0.15) is 5.10 Å². The molecule has 0 spiro atoms. The van der Waals surface area contributed by atoms with Crippen molar-refractivity contribution < 1.29 is 9.53 Å². The third-order valence-electron chi connectivity index (χ3n) is 4.11. The van der Waals surface area contributed by atoms with Crippen molar-refractivity contribution in [2.45, 2.75) is 19.3 Å². The summed E-state index contributed by atoms with van der Waals surface area (Å²) in [5, 5.41) is 7.05. The summed E-state index contributed by atoms with van der Waals surface area (Å²) >= 11 is 0. The molecule has 122 valence electrons. The average Bonchev–Trinajstić information content (AvgIpc) is 3.16. The molecule has 0 radical (unpaired) electrons. The summed E-state index contributed by atoms with van der Waals surface area (Å²) in [6.07, 6.45) is 4.83. The summed E-state index contributed by atoms with van der Waals surface area (Å²) in [6, 6.07) is 3.51. The van der Waals surface area contributed by atoms with Crippen LogP contribution in [0.2, 0.25) is 0 Å². The van der Waals surface area contributed by atoms with Crippen molar-refractivity contribution in [3.63, 3.8) is 0 Å². The first-order valence-electron chi connectivity index (χ1n) is 7.63. The fraction of sp³-hybridized carbons (Fsp3) is 0.438. The number of aryl methyl sites for hydroxylation is 2. The first-order valence-corrected chi connectivity index (χ1v) is 7.63. The van der Waals surface area contributed by atoms with E-state index in [1.165, 1.54) is 5.56 Å². The molecule has 1 fully saturated rings. The Bertz CT molecular complexity index is 712. The molecular formula is C16H21N5O2. The second-order valence-electron chi connectivity index (χ2n) is 5.81. The van der Waals surface area contributed by atoms with Crippen LogP contribution in [0.15, 0.2) is 24.5 Å². The highest BCUT2D eigenvalue weighted by Crippen LogP contribution is 2.28. The fourth-order valence-electron chi connectivity index (χ4n) is 2.85. The topological polar surface area (TPSA) is 72.3 Å². The lowest BCUT2D eigenvalue weighted by molar-refractivity contribution is 0.221. The number of pyridine rings is 1. The van der Waals surface area contributed by atoms with Gasteiger partial charge in [-0.25, -0.2) is 9.78 Å². The van der Waals surface area contributed by atoms with Crippen LogP contribution in [-0.4, -0.2) is 45.9 Å². The molecule has 2 aromatic rings. The smallest absolute Gasteiger partial charge is 0.323 e. The third kappa shape index (κ3) is 3.28. The molecule has 0 aromatic carbocycles. The van der Waals surface area contributed by atoms with Gasteiger partial charge in [-0.05, 0) is 31.0 Å². The Morgan fingerprint density at radius 1 is 1.43 bits per heavy atom. The average molecular weight is 315 g/mol. The number of hydrogen-bond acceptors (Lipinski definition) is 4. The molecule has 0 aliphatic carbocycles. The van der Waals surface area contributed by atoms with E-state index in [2.05, 4.69) is 15.4 Å². The van der Waals surface area contributed by atoms with Gasteiger partial charge in [0.15, 0.2) is 11.6 Å². The van der Waals surface area contributed by atoms with Gasteiger partial charge in [-0.15, -0.1) is 0 Å². The van der Waals surface area contributed by atoms with Crippen molar-refractivity contribution in [1.82, 2.24) is 19.7 Å². The zero-order valence-corrected chi connectivity index (χ0v) is 13.6. The Balaban J connectivity index is 1.67. The minimum atomic E-state index is -0.146. The van der Waals surface area contributed by atoms with Crippen LogP contribution in [0.25, 0.3) is 0 Å². The molecule has 0 unspecified atom stereocenters. The SMILES string of the molecule is COc1ccc(C)nc1NC(=O)N1CC[C@H](c2cnn(C)c2)C1. The zero-order chi connectivity index (χ0) is 16.4. The highest BCUT2D eigenvalue weighted by molar-refractivity contribution is 5.90. The van der Waals surface area contributed by atoms with E-state index in [-0.39, 0.29) is 6.03 Å². The molecule has 23 heavy (non-hydrogen) atoms. The Hall–Kier alpha value is -2.57. The number of likely N-dealkylation sites (tertiary alicyclic amines) is 1. The number of urea groups is 1. The van der Waals surface area contributed by atoms with Crippen molar-refractivity contribution in [3.8, 4) is 5.75 Å². The standard InChI is InChI=1S/C16H21N5O2/c1-11-4-5-14(23-3)15(18-11)19-16(22)21-7-6-12(10-21)13-8-17-20(2)9-13/h4-5,8-9,12H,6-7,10H2,1-3H3,(H,18,19,22)/t12-/m0/s1. The van der Waals surface area contributed by atoms with Gasteiger partial charge in [0.1, 0.15) is 0 Å². The molecule has 0 saturated carbocycles. The number of rotatable bonds is 3. The molecular weight excluding hydrogens is 294 g/mol. The Labute approximate surface area is 135 Å². The van der Waals surface area contributed by atoms with Crippen LogP contribution >= 0.6 is 0 Å². The number of hydrogen-bond donors (Lipinski definition) is 1. The molecule has 1 aliphatic heterocycles. The molecule has 3 heterocycles. The summed E-state index contributed by atoms with van der Waals surface area (Å²) in [5.41, 5.74) is 2.00. The monoisotopic (exact) mass is 315 g/mol. The highest BCUT2D eigenvalue weighted by Gasteiger charge is 2.28. The van der Waals surface area contributed by atoms with Gasteiger partial charge in [0.05, 0.1) is 13.3 Å². The van der Waals surface area contributed by atoms with Gasteiger partial charge in [-0.1, -0.05) is 0 Å². The maximum Gasteiger partial charge on any atom is 0.323 e. The molecule has 7 nitrogen and oxygen atoms in total. The van der Waals surface area contributed by atoms with Gasteiger partial charge in [0, 0.05) is 37.9 Å². The van der Waals surface area contributed by atoms with Crippen LogP contribution < -0.4 is 10.1 Å². The van der Waals surface area contributed by atoms with Gasteiger partial charge in [0.2, 0.25) is 0 Å². The van der Waals surface area contributed by atoms with Crippen molar-refractivity contribution in [2.24, 2.45) is 7.05 Å². The first kappa shape index (κ1) is 15.3. The number of carbonyl (C=O) groups excluding carboxylic acids is 1. The number of aromatic nitrogens is 3. The number of ether oxygens (including phenoxy) is 1. The maximum absolute atomic E-state index is 12.5. The van der Waals surface area contributed by atoms with E-state index >= 15 is 0 Å². The number of methoxy groups -OCH3 is 1. The van der Waals surface area contributed by atoms with Crippen LogP contribution in [0.1, 0.15) is 23.6 Å². The Morgan fingerprint density at radius 3 is 2.96 bits per heavy atom. The summed E-state index contributed by atoms with van der Waals surface area (Å²) < 4.78 is 7.04. The summed E-state index contributed by atoms with van der Waals surface area (Å²) in [4.78, 5) is 18.6. The van der Waals surface area contributed by atoms with E-state index in [0.29, 0.717) is 24.0 Å². The van der Waals surface area contributed by atoms with Gasteiger partial charge >= 0.3 is 6.03 Å². The Morgan fingerprint density at radius 2 is 2.26 bits per heavy atom.